The Hall–Kier alpha value is -2.90. The number of benzene rings is 3. The van der Waals surface area contributed by atoms with E-state index in [4.69, 9.17) is 34.8 Å². The van der Waals surface area contributed by atoms with Crippen LogP contribution in [0.3, 0.4) is 0 Å². The highest BCUT2D eigenvalue weighted by Gasteiger charge is 2.28. The number of pyridine rings is 1. The van der Waals surface area contributed by atoms with Crippen molar-refractivity contribution in [1.82, 2.24) is 9.47 Å². The second-order valence-electron chi connectivity index (χ2n) is 9.53. The Kier molecular flexibility index (Phi) is 7.51. The molecule has 1 aliphatic rings. The van der Waals surface area contributed by atoms with E-state index in [0.717, 1.165) is 29.4 Å². The zero-order valence-electron chi connectivity index (χ0n) is 20.4. The number of carboxylic acids is 1. The number of para-hydroxylation sites is 1. The highest BCUT2D eigenvalue weighted by Crippen LogP contribution is 2.40. The number of halogens is 4. The number of aliphatic carboxylic acids is 1. The second kappa shape index (κ2) is 10.7. The molecular formula is C29H24Cl3FN2O3. The van der Waals surface area contributed by atoms with E-state index in [1.807, 2.05) is 17.0 Å². The average molecular weight is 574 g/mol. The first kappa shape index (κ1) is 26.7. The van der Waals surface area contributed by atoms with Crippen molar-refractivity contribution in [1.29, 1.82) is 0 Å². The lowest BCUT2D eigenvalue weighted by Gasteiger charge is -2.34. The average Bonchev–Trinajstić information content (AvgIpc) is 2.89. The second-order valence-corrected chi connectivity index (χ2v) is 10.7. The van der Waals surface area contributed by atoms with Gasteiger partial charge in [-0.05, 0) is 92.4 Å². The summed E-state index contributed by atoms with van der Waals surface area (Å²) in [6.07, 6.45) is 1.48. The lowest BCUT2D eigenvalue weighted by atomic mass is 9.86. The normalized spacial score (nSPS) is 15.6. The van der Waals surface area contributed by atoms with Gasteiger partial charge in [-0.25, -0.2) is 4.39 Å². The van der Waals surface area contributed by atoms with Gasteiger partial charge in [0, 0.05) is 17.0 Å². The Morgan fingerprint density at radius 3 is 2.26 bits per heavy atom. The van der Waals surface area contributed by atoms with Crippen LogP contribution in [0.15, 0.2) is 65.5 Å². The third-order valence-electron chi connectivity index (χ3n) is 7.32. The highest BCUT2D eigenvalue weighted by molar-refractivity contribution is 6.38. The van der Waals surface area contributed by atoms with E-state index in [-0.39, 0.29) is 16.5 Å². The maximum absolute atomic E-state index is 13.9. The first-order valence-corrected chi connectivity index (χ1v) is 13.4. The summed E-state index contributed by atoms with van der Waals surface area (Å²) in [6.45, 7) is 2.95. The van der Waals surface area contributed by atoms with E-state index in [0.29, 0.717) is 39.9 Å². The Labute approximate surface area is 234 Å². The lowest BCUT2D eigenvalue weighted by Crippen LogP contribution is -2.43. The molecule has 1 aromatic heterocycles. The van der Waals surface area contributed by atoms with Gasteiger partial charge in [0.25, 0.3) is 5.56 Å². The predicted molar refractivity (Wildman–Crippen MR) is 151 cm³/mol. The van der Waals surface area contributed by atoms with Crippen LogP contribution in [0.1, 0.15) is 31.2 Å². The van der Waals surface area contributed by atoms with Crippen molar-refractivity contribution in [3.05, 3.63) is 97.5 Å². The molecule has 0 spiro atoms. The van der Waals surface area contributed by atoms with Gasteiger partial charge < -0.3 is 5.11 Å². The molecule has 1 saturated heterocycles. The van der Waals surface area contributed by atoms with Gasteiger partial charge in [0.15, 0.2) is 0 Å². The molecule has 1 aliphatic heterocycles. The van der Waals surface area contributed by atoms with E-state index in [1.54, 1.807) is 37.3 Å². The summed E-state index contributed by atoms with van der Waals surface area (Å²) in [4.78, 5) is 26.7. The monoisotopic (exact) mass is 572 g/mol. The number of aromatic nitrogens is 1. The van der Waals surface area contributed by atoms with Crippen molar-refractivity contribution in [2.75, 3.05) is 13.1 Å². The van der Waals surface area contributed by atoms with Crippen molar-refractivity contribution >= 4 is 51.7 Å². The summed E-state index contributed by atoms with van der Waals surface area (Å²) in [6, 6.07) is 15.9. The predicted octanol–water partition coefficient (Wildman–Crippen LogP) is 7.41. The number of fused-ring (bicyclic) bond motifs is 1. The van der Waals surface area contributed by atoms with Gasteiger partial charge in [0.1, 0.15) is 11.9 Å². The molecule has 5 nitrogen and oxygen atoms in total. The molecule has 5 rings (SSSR count). The topological polar surface area (TPSA) is 62.5 Å². The summed E-state index contributed by atoms with van der Waals surface area (Å²) in [5, 5.41) is 11.1. The maximum Gasteiger partial charge on any atom is 0.320 e. The summed E-state index contributed by atoms with van der Waals surface area (Å²) < 4.78 is 15.4. The van der Waals surface area contributed by atoms with Crippen molar-refractivity contribution in [3.8, 4) is 16.8 Å². The molecule has 0 unspecified atom stereocenters. The number of piperidine rings is 1. The molecule has 38 heavy (non-hydrogen) atoms. The molecule has 1 fully saturated rings. The summed E-state index contributed by atoms with van der Waals surface area (Å²) >= 11 is 19.6. The minimum absolute atomic E-state index is 0.111. The molecule has 4 aromatic rings. The van der Waals surface area contributed by atoms with Crippen LogP contribution in [0.25, 0.3) is 27.7 Å². The maximum atomic E-state index is 13.9. The molecule has 3 aromatic carbocycles. The summed E-state index contributed by atoms with van der Waals surface area (Å²) in [5.41, 5.74) is 3.03. The number of carboxylic acid groups (broad SMARTS) is 1. The molecule has 0 bridgehead atoms. The third-order valence-corrected chi connectivity index (χ3v) is 8.25. The van der Waals surface area contributed by atoms with E-state index in [9.17, 15) is 19.1 Å². The van der Waals surface area contributed by atoms with Gasteiger partial charge in [0.2, 0.25) is 0 Å². The van der Waals surface area contributed by atoms with Gasteiger partial charge in [-0.1, -0.05) is 46.9 Å². The Morgan fingerprint density at radius 1 is 0.947 bits per heavy atom. The highest BCUT2D eigenvalue weighted by atomic mass is 35.5. The van der Waals surface area contributed by atoms with E-state index in [1.165, 1.54) is 22.8 Å². The molecule has 196 valence electrons. The van der Waals surface area contributed by atoms with Crippen LogP contribution in [0.5, 0.6) is 0 Å². The molecule has 1 N–H and O–H groups in total. The largest absolute Gasteiger partial charge is 0.480 e. The van der Waals surface area contributed by atoms with Gasteiger partial charge >= 0.3 is 5.97 Å². The van der Waals surface area contributed by atoms with E-state index >= 15 is 0 Å². The van der Waals surface area contributed by atoms with Crippen LogP contribution in [0, 0.1) is 5.82 Å². The van der Waals surface area contributed by atoms with Crippen LogP contribution in [-0.4, -0.2) is 39.7 Å². The molecule has 0 saturated carbocycles. The number of nitrogens with zero attached hydrogens (tertiary/aromatic N) is 2. The van der Waals surface area contributed by atoms with Gasteiger partial charge in [-0.15, -0.1) is 0 Å². The summed E-state index contributed by atoms with van der Waals surface area (Å²) in [5.74, 6) is -1.18. The zero-order valence-corrected chi connectivity index (χ0v) is 22.7. The Morgan fingerprint density at radius 2 is 1.63 bits per heavy atom. The van der Waals surface area contributed by atoms with E-state index < -0.39 is 17.8 Å². The first-order chi connectivity index (χ1) is 18.2. The minimum atomic E-state index is -0.844. The van der Waals surface area contributed by atoms with Crippen molar-refractivity contribution < 1.29 is 14.3 Å². The first-order valence-electron chi connectivity index (χ1n) is 12.2. The lowest BCUT2D eigenvalue weighted by molar-refractivity contribution is -0.143. The Bertz CT molecular complexity index is 1590. The smallest absolute Gasteiger partial charge is 0.320 e. The van der Waals surface area contributed by atoms with Crippen molar-refractivity contribution in [3.63, 3.8) is 0 Å². The number of carbonyl (C=O) groups is 1. The number of hydrogen-bond acceptors (Lipinski definition) is 3. The van der Waals surface area contributed by atoms with Crippen LogP contribution in [0.4, 0.5) is 4.39 Å². The quantitative estimate of drug-likeness (QED) is 0.270. The van der Waals surface area contributed by atoms with Crippen LogP contribution >= 0.6 is 34.8 Å². The molecule has 0 amide bonds. The molecule has 2 heterocycles. The number of rotatable bonds is 5. The number of likely N-dealkylation sites (tertiary alicyclic amines) is 1. The van der Waals surface area contributed by atoms with E-state index in [2.05, 4.69) is 0 Å². The number of hydrogen-bond donors (Lipinski definition) is 1. The van der Waals surface area contributed by atoms with Crippen LogP contribution in [-0.2, 0) is 4.79 Å². The van der Waals surface area contributed by atoms with Gasteiger partial charge in [-0.2, -0.15) is 0 Å². The molecule has 0 aliphatic carbocycles. The minimum Gasteiger partial charge on any atom is -0.480 e. The zero-order chi connectivity index (χ0) is 27.1. The van der Waals surface area contributed by atoms with Crippen LogP contribution < -0.4 is 5.56 Å². The molecule has 0 radical (unpaired) electrons. The summed E-state index contributed by atoms with van der Waals surface area (Å²) in [7, 11) is 0. The fourth-order valence-electron chi connectivity index (χ4n) is 5.24. The van der Waals surface area contributed by atoms with Crippen molar-refractivity contribution in [2.24, 2.45) is 0 Å². The molecular weight excluding hydrogens is 550 g/mol. The molecule has 1 atom stereocenters. The van der Waals surface area contributed by atoms with Crippen LogP contribution in [0.2, 0.25) is 15.1 Å². The van der Waals surface area contributed by atoms with Gasteiger partial charge in [0.05, 0.1) is 26.3 Å². The van der Waals surface area contributed by atoms with Crippen molar-refractivity contribution in [2.45, 2.75) is 31.7 Å². The standard InChI is InChI=1S/C29H24Cl3FN2O3/c1-16(29(37)38)34-11-9-17(10-12-34)18-13-22(20-6-5-19(33)15-25(20)32)21-7-8-27(36)35(26(21)14-18)28-23(30)3-2-4-24(28)31/h2-8,13-17H,9-12H2,1H3,(H,37,38)/t16-/m0/s1. The van der Waals surface area contributed by atoms with Gasteiger partial charge in [-0.3, -0.25) is 19.1 Å². The third kappa shape index (κ3) is 4.94. The fraction of sp³-hybridized carbons (Fsp3) is 0.241. The SMILES string of the molecule is C[C@@H](C(=O)O)N1CCC(c2cc(-c3ccc(F)cc3Cl)c3ccc(=O)n(-c4c(Cl)cccc4Cl)c3c2)CC1. The fourth-order valence-corrected chi connectivity index (χ4v) is 6.08. The Balaban J connectivity index is 1.73. The molecule has 9 heteroatoms.